The van der Waals surface area contributed by atoms with Crippen LogP contribution in [0.1, 0.15) is 62.0 Å². The van der Waals surface area contributed by atoms with Gasteiger partial charge in [-0.05, 0) is 39.8 Å². The Kier molecular flexibility index (Phi) is 9.87. The Bertz CT molecular complexity index is 973. The van der Waals surface area contributed by atoms with Crippen LogP contribution in [-0.2, 0) is 13.1 Å². The lowest BCUT2D eigenvalue weighted by molar-refractivity contribution is -0.960. The van der Waals surface area contributed by atoms with Gasteiger partial charge in [-0.15, -0.1) is 0 Å². The molecular weight excluding hydrogens is 436 g/mol. The van der Waals surface area contributed by atoms with Crippen molar-refractivity contribution >= 4 is 0 Å². The molecule has 0 heterocycles. The van der Waals surface area contributed by atoms with Crippen LogP contribution in [0.15, 0.2) is 110 Å². The van der Waals surface area contributed by atoms with Gasteiger partial charge in [0.1, 0.15) is 25.2 Å². The molecule has 0 saturated carbocycles. The van der Waals surface area contributed by atoms with Gasteiger partial charge >= 0.3 is 0 Å². The van der Waals surface area contributed by atoms with Crippen molar-refractivity contribution in [3.05, 3.63) is 132 Å². The fourth-order valence-corrected chi connectivity index (χ4v) is 6.01. The molecule has 2 unspecified atom stereocenters. The largest absolute Gasteiger partial charge is 0.311 e. The average molecular weight is 483 g/mol. The van der Waals surface area contributed by atoms with Crippen molar-refractivity contribution in [1.29, 1.82) is 0 Å². The van der Waals surface area contributed by atoms with Crippen molar-refractivity contribution in [1.82, 2.24) is 0 Å². The van der Waals surface area contributed by atoms with Gasteiger partial charge in [-0.1, -0.05) is 98.1 Å². The molecule has 3 rings (SSSR count). The van der Waals surface area contributed by atoms with Crippen molar-refractivity contribution in [3.8, 4) is 0 Å². The fraction of sp³-hybridized carbons (Fsp3) is 0.353. The number of hydrogen-bond donors (Lipinski definition) is 0. The molecule has 0 saturated heterocycles. The number of quaternary nitrogens is 2. The monoisotopic (exact) mass is 482 g/mol. The first-order chi connectivity index (χ1) is 17.5. The van der Waals surface area contributed by atoms with E-state index in [0.29, 0.717) is 0 Å². The quantitative estimate of drug-likeness (QED) is 0.160. The summed E-state index contributed by atoms with van der Waals surface area (Å²) in [6, 6.07) is 31.7. The normalized spacial score (nSPS) is 13.7. The Morgan fingerprint density at radius 3 is 1.08 bits per heavy atom. The van der Waals surface area contributed by atoms with Crippen molar-refractivity contribution in [2.24, 2.45) is 0 Å². The van der Waals surface area contributed by atoms with Gasteiger partial charge in [0, 0.05) is 22.3 Å². The first-order valence-electron chi connectivity index (χ1n) is 13.7. The van der Waals surface area contributed by atoms with Gasteiger partial charge in [0.25, 0.3) is 0 Å². The molecule has 0 aliphatic carbocycles. The molecule has 2 atom stereocenters. The van der Waals surface area contributed by atoms with Crippen LogP contribution in [0.2, 0.25) is 0 Å². The molecular formula is C34H46N2+2. The highest BCUT2D eigenvalue weighted by atomic mass is 15.4. The Balaban J connectivity index is 1.86. The molecule has 0 aromatic heterocycles. The van der Waals surface area contributed by atoms with Crippen molar-refractivity contribution in [2.45, 2.75) is 52.9 Å². The van der Waals surface area contributed by atoms with E-state index >= 15 is 0 Å². The van der Waals surface area contributed by atoms with E-state index in [1.54, 1.807) is 0 Å². The molecule has 2 nitrogen and oxygen atoms in total. The van der Waals surface area contributed by atoms with Gasteiger partial charge in [-0.3, -0.25) is 0 Å². The average Bonchev–Trinajstić information content (AvgIpc) is 2.94. The van der Waals surface area contributed by atoms with Crippen LogP contribution in [-0.4, -0.2) is 35.1 Å². The van der Waals surface area contributed by atoms with E-state index in [1.165, 1.54) is 22.3 Å². The molecule has 0 amide bonds. The molecule has 0 aliphatic rings. The standard InChI is InChI=1S/C34H46N2/c1-7-33(31-19-15-13-16-20-31)35(9-3,10-4)27-29-23-25-30(26-24-29)28-36(11-5,12-6)34(8-2)32-21-17-14-18-22-32/h7-8,13-26,33-34H,1-2,9-12,27-28H2,3-6H3/q+2. The maximum atomic E-state index is 4.24. The summed E-state index contributed by atoms with van der Waals surface area (Å²) >= 11 is 0. The summed E-state index contributed by atoms with van der Waals surface area (Å²) in [7, 11) is 0. The Morgan fingerprint density at radius 1 is 0.528 bits per heavy atom. The molecule has 0 spiro atoms. The molecule has 3 aromatic rings. The van der Waals surface area contributed by atoms with E-state index in [4.69, 9.17) is 0 Å². The number of likely N-dealkylation sites (N-methyl/N-ethyl adjacent to an activating group) is 2. The van der Waals surface area contributed by atoms with E-state index in [-0.39, 0.29) is 12.1 Å². The molecule has 0 radical (unpaired) electrons. The van der Waals surface area contributed by atoms with E-state index < -0.39 is 0 Å². The molecule has 190 valence electrons. The van der Waals surface area contributed by atoms with Gasteiger partial charge < -0.3 is 8.97 Å². The minimum absolute atomic E-state index is 0.282. The summed E-state index contributed by atoms with van der Waals surface area (Å²) in [5.41, 5.74) is 5.47. The smallest absolute Gasteiger partial charge is 0.133 e. The van der Waals surface area contributed by atoms with Gasteiger partial charge in [0.15, 0.2) is 0 Å². The van der Waals surface area contributed by atoms with Crippen molar-refractivity contribution in [3.63, 3.8) is 0 Å². The summed E-state index contributed by atoms with van der Waals surface area (Å²) in [6.45, 7) is 24.0. The van der Waals surface area contributed by atoms with Crippen molar-refractivity contribution < 1.29 is 8.97 Å². The van der Waals surface area contributed by atoms with Gasteiger partial charge in [-0.2, -0.15) is 0 Å². The molecule has 2 heteroatoms. The lowest BCUT2D eigenvalue weighted by atomic mass is 9.99. The fourth-order valence-electron chi connectivity index (χ4n) is 6.01. The lowest BCUT2D eigenvalue weighted by Gasteiger charge is -2.43. The second kappa shape index (κ2) is 12.9. The maximum absolute atomic E-state index is 4.24. The predicted octanol–water partition coefficient (Wildman–Crippen LogP) is 8.25. The molecule has 36 heavy (non-hydrogen) atoms. The topological polar surface area (TPSA) is 0 Å². The highest BCUT2D eigenvalue weighted by molar-refractivity contribution is 5.24. The molecule has 0 aliphatic heterocycles. The SMILES string of the molecule is C=CC(c1ccccc1)[N+](CC)(CC)Cc1ccc(C[N+](CC)(CC)C(C=C)c2ccccc2)cc1. The van der Waals surface area contributed by atoms with Crippen LogP contribution < -0.4 is 0 Å². The second-order valence-corrected chi connectivity index (χ2v) is 10.0. The molecule has 0 N–H and O–H groups in total. The lowest BCUT2D eigenvalue weighted by Crippen LogP contribution is -2.49. The molecule has 3 aromatic carbocycles. The van der Waals surface area contributed by atoms with Crippen molar-refractivity contribution in [2.75, 3.05) is 26.2 Å². The van der Waals surface area contributed by atoms with Crippen LogP contribution >= 0.6 is 0 Å². The molecule has 0 bridgehead atoms. The van der Waals surface area contributed by atoms with Gasteiger partial charge in [-0.25, -0.2) is 0 Å². The minimum Gasteiger partial charge on any atom is -0.311 e. The summed E-state index contributed by atoms with van der Waals surface area (Å²) < 4.78 is 1.95. The third-order valence-corrected chi connectivity index (χ3v) is 8.45. The van der Waals surface area contributed by atoms with Crippen LogP contribution in [0.25, 0.3) is 0 Å². The van der Waals surface area contributed by atoms with E-state index in [0.717, 1.165) is 48.2 Å². The number of rotatable bonds is 14. The predicted molar refractivity (Wildman–Crippen MR) is 155 cm³/mol. The Hall–Kier alpha value is -2.94. The van der Waals surface area contributed by atoms with Crippen LogP contribution in [0.5, 0.6) is 0 Å². The zero-order valence-corrected chi connectivity index (χ0v) is 22.9. The number of hydrogen-bond acceptors (Lipinski definition) is 0. The summed E-state index contributed by atoms with van der Waals surface area (Å²) in [5, 5.41) is 0. The van der Waals surface area contributed by atoms with E-state index in [2.05, 4.69) is 138 Å². The van der Waals surface area contributed by atoms with Crippen LogP contribution in [0, 0.1) is 0 Å². The third kappa shape index (κ3) is 5.88. The highest BCUT2D eigenvalue weighted by Gasteiger charge is 2.35. The van der Waals surface area contributed by atoms with Gasteiger partial charge in [0.05, 0.1) is 26.2 Å². The number of nitrogens with zero attached hydrogens (tertiary/aromatic N) is 2. The third-order valence-electron chi connectivity index (χ3n) is 8.45. The minimum atomic E-state index is 0.282. The zero-order valence-electron chi connectivity index (χ0n) is 22.9. The summed E-state index contributed by atoms with van der Waals surface area (Å²) in [4.78, 5) is 0. The zero-order chi connectivity index (χ0) is 26.0. The maximum Gasteiger partial charge on any atom is 0.133 e. The van der Waals surface area contributed by atoms with E-state index in [9.17, 15) is 0 Å². The number of benzene rings is 3. The first-order valence-corrected chi connectivity index (χ1v) is 13.7. The first kappa shape index (κ1) is 27.6. The van der Waals surface area contributed by atoms with Gasteiger partial charge in [0.2, 0.25) is 0 Å². The molecule has 0 fully saturated rings. The highest BCUT2D eigenvalue weighted by Crippen LogP contribution is 2.34. The summed E-state index contributed by atoms with van der Waals surface area (Å²) in [5.74, 6) is 0. The Labute approximate surface area is 220 Å². The van der Waals surface area contributed by atoms with E-state index in [1.807, 2.05) is 0 Å². The Morgan fingerprint density at radius 2 is 0.833 bits per heavy atom. The van der Waals surface area contributed by atoms with Crippen LogP contribution in [0.4, 0.5) is 0 Å². The van der Waals surface area contributed by atoms with Crippen LogP contribution in [0.3, 0.4) is 0 Å². The second-order valence-electron chi connectivity index (χ2n) is 10.0. The summed E-state index contributed by atoms with van der Waals surface area (Å²) in [6.07, 6.45) is 4.29.